The van der Waals surface area contributed by atoms with Crippen molar-refractivity contribution < 1.29 is 9.18 Å². The molecule has 118 valence electrons. The minimum atomic E-state index is -0.341. The maximum atomic E-state index is 12.8. The lowest BCUT2D eigenvalue weighted by Gasteiger charge is -2.05. The van der Waals surface area contributed by atoms with E-state index >= 15 is 0 Å². The molecule has 0 aliphatic rings. The van der Waals surface area contributed by atoms with Gasteiger partial charge < -0.3 is 10.3 Å². The summed E-state index contributed by atoms with van der Waals surface area (Å²) >= 11 is 1.72. The van der Waals surface area contributed by atoms with Crippen molar-refractivity contribution in [1.29, 1.82) is 0 Å². The molecular weight excluding hydrogens is 311 g/mol. The van der Waals surface area contributed by atoms with Crippen LogP contribution in [0.2, 0.25) is 0 Å². The van der Waals surface area contributed by atoms with Gasteiger partial charge in [0.2, 0.25) is 0 Å². The first-order chi connectivity index (χ1) is 11.1. The van der Waals surface area contributed by atoms with E-state index in [0.29, 0.717) is 12.1 Å². The molecule has 0 bridgehead atoms. The van der Waals surface area contributed by atoms with Crippen LogP contribution in [0.4, 0.5) is 4.39 Å². The lowest BCUT2D eigenvalue weighted by atomic mass is 10.2. The molecular formula is C18H17FN2OS. The number of hydrogen-bond acceptors (Lipinski definition) is 2. The number of carbonyl (C=O) groups is 1. The van der Waals surface area contributed by atoms with E-state index in [0.717, 1.165) is 17.0 Å². The first-order valence-corrected chi connectivity index (χ1v) is 8.37. The predicted molar refractivity (Wildman–Crippen MR) is 92.5 cm³/mol. The molecule has 0 aliphatic heterocycles. The smallest absolute Gasteiger partial charge is 0.251 e. The zero-order valence-electron chi connectivity index (χ0n) is 12.7. The Morgan fingerprint density at radius 3 is 2.70 bits per heavy atom. The van der Waals surface area contributed by atoms with Crippen molar-refractivity contribution >= 4 is 28.6 Å². The van der Waals surface area contributed by atoms with E-state index in [4.69, 9.17) is 0 Å². The van der Waals surface area contributed by atoms with E-state index < -0.39 is 0 Å². The predicted octanol–water partition coefficient (Wildman–Crippen LogP) is 4.14. The summed E-state index contributed by atoms with van der Waals surface area (Å²) in [5.41, 5.74) is 2.74. The van der Waals surface area contributed by atoms with Crippen LogP contribution >= 0.6 is 11.8 Å². The Labute approximate surface area is 138 Å². The molecule has 3 rings (SSSR count). The van der Waals surface area contributed by atoms with Crippen LogP contribution in [0.15, 0.2) is 53.4 Å². The van der Waals surface area contributed by atoms with E-state index in [1.165, 1.54) is 34.5 Å². The Morgan fingerprint density at radius 2 is 1.91 bits per heavy atom. The highest BCUT2D eigenvalue weighted by molar-refractivity contribution is 7.99. The van der Waals surface area contributed by atoms with Gasteiger partial charge in [0.25, 0.3) is 5.91 Å². The zero-order chi connectivity index (χ0) is 16.2. The second kappa shape index (κ2) is 6.87. The van der Waals surface area contributed by atoms with Gasteiger partial charge in [-0.15, -0.1) is 11.8 Å². The number of hydrogen-bond donors (Lipinski definition) is 2. The van der Waals surface area contributed by atoms with Crippen LogP contribution in [0.1, 0.15) is 16.1 Å². The minimum Gasteiger partial charge on any atom is -0.358 e. The monoisotopic (exact) mass is 328 g/mol. The molecule has 1 aromatic heterocycles. The van der Waals surface area contributed by atoms with Gasteiger partial charge in [0.05, 0.1) is 0 Å². The molecule has 0 unspecified atom stereocenters. The van der Waals surface area contributed by atoms with Crippen molar-refractivity contribution in [3.8, 4) is 0 Å². The van der Waals surface area contributed by atoms with E-state index in [9.17, 15) is 9.18 Å². The fourth-order valence-corrected chi connectivity index (χ4v) is 3.47. The van der Waals surface area contributed by atoms with Crippen molar-refractivity contribution in [3.63, 3.8) is 0 Å². The fraction of sp³-hybridized carbons (Fsp3) is 0.167. The third kappa shape index (κ3) is 3.56. The molecule has 1 heterocycles. The van der Waals surface area contributed by atoms with Crippen LogP contribution in [0.3, 0.4) is 0 Å². The number of benzene rings is 2. The highest BCUT2D eigenvalue weighted by atomic mass is 32.2. The number of aromatic nitrogens is 1. The second-order valence-electron chi connectivity index (χ2n) is 5.24. The highest BCUT2D eigenvalue weighted by Crippen LogP contribution is 2.30. The van der Waals surface area contributed by atoms with Crippen molar-refractivity contribution in [3.05, 3.63) is 65.6 Å². The number of rotatable bonds is 5. The van der Waals surface area contributed by atoms with Gasteiger partial charge in [0.15, 0.2) is 0 Å². The van der Waals surface area contributed by atoms with Crippen molar-refractivity contribution in [2.24, 2.45) is 0 Å². The lowest BCUT2D eigenvalue weighted by molar-refractivity contribution is 0.0956. The molecule has 0 spiro atoms. The van der Waals surface area contributed by atoms with E-state index in [-0.39, 0.29) is 11.7 Å². The summed E-state index contributed by atoms with van der Waals surface area (Å²) in [4.78, 5) is 16.5. The highest BCUT2D eigenvalue weighted by Gasteiger charge is 2.09. The summed E-state index contributed by atoms with van der Waals surface area (Å²) in [6.07, 6.45) is 0. The third-order valence-corrected chi connectivity index (χ3v) is 4.80. The number of fused-ring (bicyclic) bond motifs is 1. The molecule has 0 radical (unpaired) electrons. The van der Waals surface area contributed by atoms with E-state index in [1.54, 1.807) is 11.8 Å². The number of aryl methyl sites for hydroxylation is 1. The largest absolute Gasteiger partial charge is 0.358 e. The summed E-state index contributed by atoms with van der Waals surface area (Å²) in [5, 5.41) is 4.06. The quantitative estimate of drug-likeness (QED) is 0.546. The molecule has 3 nitrogen and oxygen atoms in total. The maximum absolute atomic E-state index is 12.8. The van der Waals surface area contributed by atoms with Crippen LogP contribution in [0.25, 0.3) is 10.9 Å². The summed E-state index contributed by atoms with van der Waals surface area (Å²) in [5.74, 6) is 0.253. The molecule has 23 heavy (non-hydrogen) atoms. The molecule has 0 saturated carbocycles. The van der Waals surface area contributed by atoms with Crippen LogP contribution in [0, 0.1) is 12.7 Å². The SMILES string of the molecule is Cc1[nH]c2ccccc2c1SCCNC(=O)c1ccc(F)cc1. The average Bonchev–Trinajstić information content (AvgIpc) is 2.87. The van der Waals surface area contributed by atoms with E-state index in [1.807, 2.05) is 12.1 Å². The Hall–Kier alpha value is -2.27. The molecule has 0 fully saturated rings. The van der Waals surface area contributed by atoms with Gasteiger partial charge in [0, 0.05) is 39.4 Å². The van der Waals surface area contributed by atoms with Gasteiger partial charge in [-0.2, -0.15) is 0 Å². The Balaban J connectivity index is 1.56. The number of aromatic amines is 1. The van der Waals surface area contributed by atoms with Crippen molar-refractivity contribution in [1.82, 2.24) is 10.3 Å². The molecule has 1 amide bonds. The minimum absolute atomic E-state index is 0.179. The summed E-state index contributed by atoms with van der Waals surface area (Å²) < 4.78 is 12.8. The number of carbonyl (C=O) groups excluding carboxylic acids is 1. The Morgan fingerprint density at radius 1 is 1.17 bits per heavy atom. The van der Waals surface area contributed by atoms with Crippen LogP contribution < -0.4 is 5.32 Å². The second-order valence-corrected chi connectivity index (χ2v) is 6.34. The standard InChI is InChI=1S/C18H17FN2OS/c1-12-17(15-4-2-3-5-16(15)21-12)23-11-10-20-18(22)13-6-8-14(19)9-7-13/h2-9,21H,10-11H2,1H3,(H,20,22). The summed E-state index contributed by atoms with van der Waals surface area (Å²) in [6, 6.07) is 13.7. The van der Waals surface area contributed by atoms with Crippen LogP contribution in [0.5, 0.6) is 0 Å². The molecule has 0 aliphatic carbocycles. The van der Waals surface area contributed by atoms with Crippen molar-refractivity contribution in [2.45, 2.75) is 11.8 Å². The fourth-order valence-electron chi connectivity index (χ4n) is 2.46. The van der Waals surface area contributed by atoms with Gasteiger partial charge in [-0.3, -0.25) is 4.79 Å². The number of thioether (sulfide) groups is 1. The first kappa shape index (κ1) is 15.6. The summed E-state index contributed by atoms with van der Waals surface area (Å²) in [7, 11) is 0. The van der Waals surface area contributed by atoms with E-state index in [2.05, 4.69) is 29.4 Å². The van der Waals surface area contributed by atoms with Gasteiger partial charge in [0.1, 0.15) is 5.82 Å². The van der Waals surface area contributed by atoms with Crippen LogP contribution in [-0.2, 0) is 0 Å². The lowest BCUT2D eigenvalue weighted by Crippen LogP contribution is -2.25. The van der Waals surface area contributed by atoms with Gasteiger partial charge in [-0.1, -0.05) is 18.2 Å². The van der Waals surface area contributed by atoms with Crippen molar-refractivity contribution in [2.75, 3.05) is 12.3 Å². The normalized spacial score (nSPS) is 10.9. The molecule has 0 saturated heterocycles. The average molecular weight is 328 g/mol. The summed E-state index contributed by atoms with van der Waals surface area (Å²) in [6.45, 7) is 2.61. The number of nitrogens with one attached hydrogen (secondary N) is 2. The zero-order valence-corrected chi connectivity index (χ0v) is 13.5. The first-order valence-electron chi connectivity index (χ1n) is 7.39. The topological polar surface area (TPSA) is 44.9 Å². The molecule has 5 heteroatoms. The maximum Gasteiger partial charge on any atom is 0.251 e. The number of H-pyrrole nitrogens is 1. The third-order valence-electron chi connectivity index (χ3n) is 3.57. The number of halogens is 1. The molecule has 0 atom stereocenters. The Kier molecular flexibility index (Phi) is 4.67. The van der Waals surface area contributed by atoms with Gasteiger partial charge >= 0.3 is 0 Å². The molecule has 2 N–H and O–H groups in total. The number of para-hydroxylation sites is 1. The van der Waals surface area contributed by atoms with Crippen LogP contribution in [-0.4, -0.2) is 23.2 Å². The molecule has 3 aromatic rings. The number of amides is 1. The Bertz CT molecular complexity index is 827. The molecule has 2 aromatic carbocycles. The van der Waals surface area contributed by atoms with Gasteiger partial charge in [-0.25, -0.2) is 4.39 Å². The van der Waals surface area contributed by atoms with Gasteiger partial charge in [-0.05, 0) is 37.3 Å².